The molecule has 4 heteroatoms. The number of fused-ring (bicyclic) bond motifs is 1. The summed E-state index contributed by atoms with van der Waals surface area (Å²) in [6.07, 6.45) is 3.12. The van der Waals surface area contributed by atoms with Crippen molar-refractivity contribution < 1.29 is 4.42 Å². The second-order valence-electron chi connectivity index (χ2n) is 5.19. The van der Waals surface area contributed by atoms with Crippen LogP contribution in [0.15, 0.2) is 63.8 Å². The fraction of sp³-hybridized carbons (Fsp3) is 0.222. The van der Waals surface area contributed by atoms with Crippen LogP contribution in [-0.4, -0.2) is 11.5 Å². The van der Waals surface area contributed by atoms with E-state index in [2.05, 4.69) is 34.6 Å². The highest BCUT2D eigenvalue weighted by Gasteiger charge is 2.04. The van der Waals surface area contributed by atoms with Gasteiger partial charge < -0.3 is 9.73 Å². The zero-order chi connectivity index (χ0) is 15.2. The Kier molecular flexibility index (Phi) is 4.49. The third-order valence-corrected chi connectivity index (χ3v) is 3.55. The zero-order valence-electron chi connectivity index (χ0n) is 12.3. The van der Waals surface area contributed by atoms with E-state index in [1.165, 1.54) is 5.56 Å². The van der Waals surface area contributed by atoms with E-state index in [0.29, 0.717) is 16.9 Å². The standard InChI is InChI=1S/C18H18N2O2/c21-17-15-11-4-5-12-16(15)20-18(22-17)19-13-7-6-10-14-8-2-1-3-9-14/h1-5,8-9,11-12H,6-7,10,13H2,(H,19,20). The van der Waals surface area contributed by atoms with Crippen LogP contribution in [0.1, 0.15) is 18.4 Å². The number of para-hydroxylation sites is 1. The van der Waals surface area contributed by atoms with Gasteiger partial charge in [0.1, 0.15) is 0 Å². The maximum atomic E-state index is 11.8. The molecule has 0 atom stereocenters. The summed E-state index contributed by atoms with van der Waals surface area (Å²) in [7, 11) is 0. The van der Waals surface area contributed by atoms with E-state index in [1.54, 1.807) is 12.1 Å². The first-order valence-electron chi connectivity index (χ1n) is 7.50. The summed E-state index contributed by atoms with van der Waals surface area (Å²) in [5.41, 5.74) is 1.65. The van der Waals surface area contributed by atoms with Gasteiger partial charge in [0.25, 0.3) is 6.01 Å². The number of rotatable bonds is 6. The van der Waals surface area contributed by atoms with E-state index >= 15 is 0 Å². The number of nitrogens with zero attached hydrogens (tertiary/aromatic N) is 1. The van der Waals surface area contributed by atoms with Gasteiger partial charge in [0.2, 0.25) is 0 Å². The fourth-order valence-corrected chi connectivity index (χ4v) is 2.39. The molecule has 2 aromatic carbocycles. The summed E-state index contributed by atoms with van der Waals surface area (Å²) in [4.78, 5) is 16.1. The van der Waals surface area contributed by atoms with E-state index in [9.17, 15) is 4.79 Å². The number of hydrogen-bond acceptors (Lipinski definition) is 4. The first kappa shape index (κ1) is 14.3. The predicted molar refractivity (Wildman–Crippen MR) is 88.1 cm³/mol. The van der Waals surface area contributed by atoms with Crippen molar-refractivity contribution in [3.05, 3.63) is 70.6 Å². The van der Waals surface area contributed by atoms with Gasteiger partial charge in [-0.2, -0.15) is 4.98 Å². The maximum absolute atomic E-state index is 11.8. The largest absolute Gasteiger partial charge is 0.389 e. The lowest BCUT2D eigenvalue weighted by Gasteiger charge is -2.05. The third-order valence-electron chi connectivity index (χ3n) is 3.55. The van der Waals surface area contributed by atoms with Crippen molar-refractivity contribution in [1.29, 1.82) is 0 Å². The van der Waals surface area contributed by atoms with Crippen LogP contribution in [0.2, 0.25) is 0 Å². The van der Waals surface area contributed by atoms with Gasteiger partial charge in [-0.25, -0.2) is 4.79 Å². The number of unbranched alkanes of at least 4 members (excludes halogenated alkanes) is 1. The molecule has 0 spiro atoms. The lowest BCUT2D eigenvalue weighted by Crippen LogP contribution is -2.09. The monoisotopic (exact) mass is 294 g/mol. The highest BCUT2D eigenvalue weighted by atomic mass is 16.4. The molecule has 0 aliphatic rings. The molecule has 0 saturated heterocycles. The molecule has 1 N–H and O–H groups in total. The van der Waals surface area contributed by atoms with Gasteiger partial charge in [-0.05, 0) is 37.0 Å². The molecule has 22 heavy (non-hydrogen) atoms. The molecule has 0 fully saturated rings. The van der Waals surface area contributed by atoms with Gasteiger partial charge in [0, 0.05) is 6.54 Å². The first-order valence-corrected chi connectivity index (χ1v) is 7.50. The molecule has 3 rings (SSSR count). The Balaban J connectivity index is 1.53. The Morgan fingerprint density at radius 2 is 1.73 bits per heavy atom. The van der Waals surface area contributed by atoms with Crippen LogP contribution in [0.4, 0.5) is 6.01 Å². The van der Waals surface area contributed by atoms with Crippen molar-refractivity contribution in [2.45, 2.75) is 19.3 Å². The summed E-state index contributed by atoms with van der Waals surface area (Å²) < 4.78 is 5.18. The summed E-state index contributed by atoms with van der Waals surface area (Å²) in [5.74, 6) is 0. The molecule has 3 aromatic rings. The van der Waals surface area contributed by atoms with E-state index in [0.717, 1.165) is 25.8 Å². The van der Waals surface area contributed by atoms with Crippen LogP contribution in [0.5, 0.6) is 0 Å². The van der Waals surface area contributed by atoms with Crippen molar-refractivity contribution in [2.75, 3.05) is 11.9 Å². The minimum absolute atomic E-state index is 0.295. The van der Waals surface area contributed by atoms with Gasteiger partial charge in [0.15, 0.2) is 0 Å². The fourth-order valence-electron chi connectivity index (χ4n) is 2.39. The molecule has 0 radical (unpaired) electrons. The topological polar surface area (TPSA) is 55.1 Å². The molecule has 0 amide bonds. The SMILES string of the molecule is O=c1oc(NCCCCc2ccccc2)nc2ccccc12. The average molecular weight is 294 g/mol. The van der Waals surface area contributed by atoms with Crippen LogP contribution in [-0.2, 0) is 6.42 Å². The van der Waals surface area contributed by atoms with Crippen molar-refractivity contribution in [1.82, 2.24) is 4.98 Å². The van der Waals surface area contributed by atoms with Crippen LogP contribution >= 0.6 is 0 Å². The minimum Gasteiger partial charge on any atom is -0.389 e. The quantitative estimate of drug-likeness (QED) is 0.705. The van der Waals surface area contributed by atoms with Crippen LogP contribution in [0.3, 0.4) is 0 Å². The predicted octanol–water partition coefficient (Wildman–Crippen LogP) is 3.62. The van der Waals surface area contributed by atoms with Gasteiger partial charge in [-0.3, -0.25) is 0 Å². The molecule has 0 unspecified atom stereocenters. The minimum atomic E-state index is -0.350. The Labute approximate surface area is 128 Å². The molecule has 0 aliphatic heterocycles. The van der Waals surface area contributed by atoms with Crippen molar-refractivity contribution in [3.63, 3.8) is 0 Å². The molecule has 0 saturated carbocycles. The summed E-state index contributed by atoms with van der Waals surface area (Å²) in [6.45, 7) is 0.737. The number of hydrogen-bond donors (Lipinski definition) is 1. The third kappa shape index (κ3) is 3.52. The van der Waals surface area contributed by atoms with E-state index in [-0.39, 0.29) is 5.63 Å². The Morgan fingerprint density at radius 3 is 2.59 bits per heavy atom. The van der Waals surface area contributed by atoms with Gasteiger partial charge >= 0.3 is 5.63 Å². The van der Waals surface area contributed by atoms with Crippen LogP contribution < -0.4 is 10.9 Å². The first-order chi connectivity index (χ1) is 10.8. The van der Waals surface area contributed by atoms with Crippen molar-refractivity contribution in [3.8, 4) is 0 Å². The van der Waals surface area contributed by atoms with E-state index in [1.807, 2.05) is 18.2 Å². The molecule has 112 valence electrons. The average Bonchev–Trinajstić information content (AvgIpc) is 2.56. The van der Waals surface area contributed by atoms with Crippen molar-refractivity contribution in [2.24, 2.45) is 0 Å². The summed E-state index contributed by atoms with van der Waals surface area (Å²) in [6, 6.07) is 17.9. The molecule has 0 bridgehead atoms. The maximum Gasteiger partial charge on any atom is 0.348 e. The Bertz CT molecular complexity index is 797. The number of aromatic nitrogens is 1. The lowest BCUT2D eigenvalue weighted by molar-refractivity contribution is 0.515. The van der Waals surface area contributed by atoms with Gasteiger partial charge in [-0.1, -0.05) is 42.5 Å². The van der Waals surface area contributed by atoms with E-state index < -0.39 is 0 Å². The van der Waals surface area contributed by atoms with Crippen molar-refractivity contribution >= 4 is 16.9 Å². The summed E-state index contributed by atoms with van der Waals surface area (Å²) in [5, 5.41) is 3.60. The molecule has 4 nitrogen and oxygen atoms in total. The van der Waals surface area contributed by atoms with E-state index in [4.69, 9.17) is 4.42 Å². The molecule has 1 aromatic heterocycles. The lowest BCUT2D eigenvalue weighted by atomic mass is 10.1. The molecule has 0 aliphatic carbocycles. The normalized spacial score (nSPS) is 10.7. The highest BCUT2D eigenvalue weighted by Crippen LogP contribution is 2.10. The molecular formula is C18H18N2O2. The molecule has 1 heterocycles. The Hall–Kier alpha value is -2.62. The number of aryl methyl sites for hydroxylation is 1. The van der Waals surface area contributed by atoms with Crippen LogP contribution in [0.25, 0.3) is 10.9 Å². The van der Waals surface area contributed by atoms with Gasteiger partial charge in [-0.15, -0.1) is 0 Å². The highest BCUT2D eigenvalue weighted by molar-refractivity contribution is 5.77. The second kappa shape index (κ2) is 6.89. The number of nitrogens with one attached hydrogen (secondary N) is 1. The zero-order valence-corrected chi connectivity index (χ0v) is 12.3. The Morgan fingerprint density at radius 1 is 0.955 bits per heavy atom. The smallest absolute Gasteiger partial charge is 0.348 e. The van der Waals surface area contributed by atoms with Crippen LogP contribution in [0, 0.1) is 0 Å². The summed E-state index contributed by atoms with van der Waals surface area (Å²) >= 11 is 0. The number of anilines is 1. The van der Waals surface area contributed by atoms with Gasteiger partial charge in [0.05, 0.1) is 10.9 Å². The number of benzene rings is 2. The second-order valence-corrected chi connectivity index (χ2v) is 5.19. The molecular weight excluding hydrogens is 276 g/mol.